The van der Waals surface area contributed by atoms with E-state index in [-0.39, 0.29) is 11.7 Å². The third-order valence-corrected chi connectivity index (χ3v) is 3.07. The quantitative estimate of drug-likeness (QED) is 0.579. The van der Waals surface area contributed by atoms with Gasteiger partial charge in [0, 0.05) is 38.8 Å². The summed E-state index contributed by atoms with van der Waals surface area (Å²) in [6, 6.07) is 8.97. The van der Waals surface area contributed by atoms with Crippen LogP contribution in [0.3, 0.4) is 0 Å². The molecule has 2 rings (SSSR count). The van der Waals surface area contributed by atoms with Crippen LogP contribution in [0.2, 0.25) is 0 Å². The van der Waals surface area contributed by atoms with Crippen LogP contribution in [-0.4, -0.2) is 48.7 Å². The number of ketones is 1. The number of carbonyl (C=O) groups is 2. The van der Waals surface area contributed by atoms with Crippen LogP contribution in [0.25, 0.3) is 0 Å². The van der Waals surface area contributed by atoms with Crippen molar-refractivity contribution in [3.05, 3.63) is 47.7 Å². The number of allylic oxidation sites excluding steroid dienone is 1. The Balaban J connectivity index is 2.26. The highest BCUT2D eigenvalue weighted by atomic mass is 16.2. The lowest BCUT2D eigenvalue weighted by Crippen LogP contribution is -2.45. The molecule has 1 amide bonds. The van der Waals surface area contributed by atoms with E-state index in [4.69, 9.17) is 0 Å². The van der Waals surface area contributed by atoms with E-state index in [2.05, 4.69) is 0 Å². The Hall–Kier alpha value is -2.10. The molecule has 1 aromatic carbocycles. The minimum absolute atomic E-state index is 0.104. The smallest absolute Gasteiger partial charge is 0.270 e. The van der Waals surface area contributed by atoms with E-state index in [1.54, 1.807) is 24.1 Å². The lowest BCUT2D eigenvalue weighted by Gasteiger charge is -2.32. The standard InChI is InChI=1S/C14H16N2O2/c1-15-8-9-16(2)14(18)12(15)10-13(17)11-6-4-3-5-7-11/h3-7,10H,8-9H2,1-2H3/b12-10+. The van der Waals surface area contributed by atoms with E-state index >= 15 is 0 Å². The fraction of sp³-hybridized carbons (Fsp3) is 0.286. The molecule has 0 aromatic heterocycles. The van der Waals surface area contributed by atoms with Crippen molar-refractivity contribution in [2.24, 2.45) is 0 Å². The maximum atomic E-state index is 12.0. The highest BCUT2D eigenvalue weighted by molar-refractivity contribution is 6.09. The maximum absolute atomic E-state index is 12.0. The molecule has 1 fully saturated rings. The van der Waals surface area contributed by atoms with Crippen molar-refractivity contribution in [2.45, 2.75) is 0 Å². The molecule has 1 saturated heterocycles. The molecule has 0 bridgehead atoms. The monoisotopic (exact) mass is 244 g/mol. The molecule has 1 aromatic rings. The first-order chi connectivity index (χ1) is 8.59. The maximum Gasteiger partial charge on any atom is 0.270 e. The van der Waals surface area contributed by atoms with Gasteiger partial charge in [0.1, 0.15) is 5.70 Å². The van der Waals surface area contributed by atoms with Gasteiger partial charge < -0.3 is 9.80 Å². The Bertz CT molecular complexity index is 494. The topological polar surface area (TPSA) is 40.6 Å². The summed E-state index contributed by atoms with van der Waals surface area (Å²) in [6.45, 7) is 1.43. The molecular weight excluding hydrogens is 228 g/mol. The molecule has 0 saturated carbocycles. The van der Waals surface area contributed by atoms with Crippen molar-refractivity contribution < 1.29 is 9.59 Å². The van der Waals surface area contributed by atoms with Crippen molar-refractivity contribution in [1.82, 2.24) is 9.80 Å². The largest absolute Gasteiger partial charge is 0.368 e. The number of rotatable bonds is 2. The molecule has 0 radical (unpaired) electrons. The van der Waals surface area contributed by atoms with Crippen LogP contribution in [0, 0.1) is 0 Å². The van der Waals surface area contributed by atoms with Gasteiger partial charge in [-0.1, -0.05) is 30.3 Å². The summed E-state index contributed by atoms with van der Waals surface area (Å²) in [4.78, 5) is 27.5. The van der Waals surface area contributed by atoms with E-state index in [9.17, 15) is 9.59 Å². The van der Waals surface area contributed by atoms with Crippen molar-refractivity contribution in [3.63, 3.8) is 0 Å². The molecule has 0 N–H and O–H groups in total. The second kappa shape index (κ2) is 5.04. The SMILES string of the molecule is CN1CCN(C)/C(=C/C(=O)c2ccccc2)C1=O. The van der Waals surface area contributed by atoms with E-state index in [0.717, 1.165) is 6.54 Å². The third-order valence-electron chi connectivity index (χ3n) is 3.07. The highest BCUT2D eigenvalue weighted by Gasteiger charge is 2.24. The second-order valence-corrected chi connectivity index (χ2v) is 4.41. The number of carbonyl (C=O) groups excluding carboxylic acids is 2. The molecule has 18 heavy (non-hydrogen) atoms. The van der Waals surface area contributed by atoms with Crippen LogP contribution in [-0.2, 0) is 4.79 Å². The Morgan fingerprint density at radius 2 is 1.72 bits per heavy atom. The minimum Gasteiger partial charge on any atom is -0.368 e. The van der Waals surface area contributed by atoms with Crippen LogP contribution in [0.5, 0.6) is 0 Å². The van der Waals surface area contributed by atoms with Gasteiger partial charge in [-0.3, -0.25) is 9.59 Å². The van der Waals surface area contributed by atoms with Crippen LogP contribution in [0.15, 0.2) is 42.1 Å². The fourth-order valence-corrected chi connectivity index (χ4v) is 1.86. The lowest BCUT2D eigenvalue weighted by atomic mass is 10.1. The zero-order valence-corrected chi connectivity index (χ0v) is 10.6. The predicted molar refractivity (Wildman–Crippen MR) is 69.1 cm³/mol. The van der Waals surface area contributed by atoms with E-state index in [1.165, 1.54) is 6.08 Å². The number of benzene rings is 1. The molecule has 0 aliphatic carbocycles. The molecule has 1 heterocycles. The Morgan fingerprint density at radius 3 is 2.39 bits per heavy atom. The van der Waals surface area contributed by atoms with Gasteiger partial charge in [-0.05, 0) is 0 Å². The molecule has 0 unspecified atom stereocenters. The highest BCUT2D eigenvalue weighted by Crippen LogP contribution is 2.13. The first-order valence-corrected chi connectivity index (χ1v) is 5.87. The van der Waals surface area contributed by atoms with Crippen LogP contribution < -0.4 is 0 Å². The van der Waals surface area contributed by atoms with Gasteiger partial charge >= 0.3 is 0 Å². The van der Waals surface area contributed by atoms with Crippen molar-refractivity contribution >= 4 is 11.7 Å². The van der Waals surface area contributed by atoms with Crippen LogP contribution >= 0.6 is 0 Å². The number of hydrogen-bond acceptors (Lipinski definition) is 3. The summed E-state index contributed by atoms with van der Waals surface area (Å²) in [5, 5.41) is 0. The zero-order valence-electron chi connectivity index (χ0n) is 10.6. The predicted octanol–water partition coefficient (Wildman–Crippen LogP) is 1.16. The zero-order chi connectivity index (χ0) is 13.1. The third kappa shape index (κ3) is 2.42. The van der Waals surface area contributed by atoms with Crippen molar-refractivity contribution in [2.75, 3.05) is 27.2 Å². The fourth-order valence-electron chi connectivity index (χ4n) is 1.86. The summed E-state index contributed by atoms with van der Waals surface area (Å²) in [5.41, 5.74) is 1.05. The average molecular weight is 244 g/mol. The van der Waals surface area contributed by atoms with Crippen LogP contribution in [0.4, 0.5) is 0 Å². The molecule has 4 heteroatoms. The van der Waals surface area contributed by atoms with Crippen molar-refractivity contribution in [3.8, 4) is 0 Å². The second-order valence-electron chi connectivity index (χ2n) is 4.41. The number of piperazine rings is 1. The van der Waals surface area contributed by atoms with E-state index < -0.39 is 0 Å². The molecule has 94 valence electrons. The number of likely N-dealkylation sites (N-methyl/N-ethyl adjacent to an activating group) is 2. The molecule has 4 nitrogen and oxygen atoms in total. The molecule has 0 spiro atoms. The summed E-state index contributed by atoms with van der Waals surface area (Å²) < 4.78 is 0. The molecular formula is C14H16N2O2. The Labute approximate surface area is 106 Å². The van der Waals surface area contributed by atoms with E-state index in [1.807, 2.05) is 30.1 Å². The minimum atomic E-state index is -0.138. The van der Waals surface area contributed by atoms with E-state index in [0.29, 0.717) is 17.8 Å². The number of nitrogens with zero attached hydrogens (tertiary/aromatic N) is 2. The van der Waals surface area contributed by atoms with Gasteiger partial charge in [0.05, 0.1) is 0 Å². The molecule has 1 aliphatic rings. The lowest BCUT2D eigenvalue weighted by molar-refractivity contribution is -0.129. The normalized spacial score (nSPS) is 18.3. The van der Waals surface area contributed by atoms with Crippen LogP contribution in [0.1, 0.15) is 10.4 Å². The van der Waals surface area contributed by atoms with Gasteiger partial charge in [-0.25, -0.2) is 0 Å². The Kier molecular flexibility index (Phi) is 3.46. The first-order valence-electron chi connectivity index (χ1n) is 5.87. The summed E-state index contributed by atoms with van der Waals surface area (Å²) in [5.74, 6) is -0.242. The van der Waals surface area contributed by atoms with Gasteiger partial charge in [0.2, 0.25) is 0 Å². The summed E-state index contributed by atoms with van der Waals surface area (Å²) >= 11 is 0. The first kappa shape index (κ1) is 12.4. The van der Waals surface area contributed by atoms with Gasteiger partial charge in [-0.2, -0.15) is 0 Å². The summed E-state index contributed by atoms with van der Waals surface area (Å²) in [6.07, 6.45) is 1.42. The average Bonchev–Trinajstić information content (AvgIpc) is 2.40. The van der Waals surface area contributed by atoms with Crippen molar-refractivity contribution in [1.29, 1.82) is 0 Å². The van der Waals surface area contributed by atoms with Gasteiger partial charge in [-0.15, -0.1) is 0 Å². The van der Waals surface area contributed by atoms with Gasteiger partial charge in [0.25, 0.3) is 5.91 Å². The number of hydrogen-bond donors (Lipinski definition) is 0. The van der Waals surface area contributed by atoms with Gasteiger partial charge in [0.15, 0.2) is 5.78 Å². The molecule has 0 atom stereocenters. The number of amides is 1. The Morgan fingerprint density at radius 1 is 1.11 bits per heavy atom. The molecule has 1 aliphatic heterocycles. The summed E-state index contributed by atoms with van der Waals surface area (Å²) in [7, 11) is 3.57.